The average molecular weight is 1400 g/mol. The van der Waals surface area contributed by atoms with Crippen molar-refractivity contribution in [1.82, 2.24) is 19.6 Å². The Balaban J connectivity index is 0.968. The molecule has 4 aliphatic rings. The fraction of sp³-hybridized carbons (Fsp3) is 0.280. The minimum atomic E-state index is -5.14. The highest BCUT2D eigenvalue weighted by molar-refractivity contribution is 6.15. The standard InChI is InChI=1S/C50H48N10O38/c1-96-37-33(74)29(70)19(30(71)34(37)75)59-13-8(11(53-59)39(51)78)2-4-55(41(13)80)15-21(62)25(66)17(26(67)22(15)63)57-10(61)6-44(83,84)48(91,50(57,94)95)98-7-97-38-35(76)31(72)20(32(73)36(38)77)60-14-9(12(54-60)40(52)79)3-5-56(42(14)81)16-23(64)27(68)18(28(69)24(16)65)58-43(82)45(85,86)46(87,88)47(89,90)49(58,92)93/h62-77,83-95H,2-7H2,1H3,(H2,51,78)(H2,52,79). The van der Waals surface area contributed by atoms with Gasteiger partial charge in [0.2, 0.25) is 46.2 Å². The Morgan fingerprint density at radius 1 is 0.449 bits per heavy atom. The van der Waals surface area contributed by atoms with Crippen LogP contribution in [0.5, 0.6) is 103 Å². The lowest BCUT2D eigenvalue weighted by Gasteiger charge is -2.55. The number of fused-ring (bicyclic) bond motifs is 2. The van der Waals surface area contributed by atoms with E-state index in [1.807, 2.05) is 0 Å². The number of hydrogen-bond donors (Lipinski definition) is 31. The van der Waals surface area contributed by atoms with Crippen molar-refractivity contribution in [3.63, 3.8) is 0 Å². The maximum absolute atomic E-state index is 14.5. The molecule has 33 N–H and O–H groups in total. The van der Waals surface area contributed by atoms with E-state index in [4.69, 9.17) is 25.7 Å². The summed E-state index contributed by atoms with van der Waals surface area (Å²) in [5.74, 6) is -76.7. The summed E-state index contributed by atoms with van der Waals surface area (Å²) in [4.78, 5) is 79.4. The lowest BCUT2D eigenvalue weighted by molar-refractivity contribution is -0.505. The summed E-state index contributed by atoms with van der Waals surface area (Å²) in [5, 5.41) is 325. The first-order valence-corrected chi connectivity index (χ1v) is 26.4. The molecule has 98 heavy (non-hydrogen) atoms. The van der Waals surface area contributed by atoms with E-state index in [1.54, 1.807) is 0 Å². The van der Waals surface area contributed by atoms with Gasteiger partial charge in [-0.1, -0.05) is 0 Å². The van der Waals surface area contributed by atoms with E-state index in [2.05, 4.69) is 10.2 Å². The zero-order valence-corrected chi connectivity index (χ0v) is 48.1. The van der Waals surface area contributed by atoms with Gasteiger partial charge in [0.1, 0.15) is 34.1 Å². The molecule has 4 aromatic carbocycles. The maximum Gasteiger partial charge on any atom is 0.316 e. The Kier molecular flexibility index (Phi) is 15.1. The molecule has 6 aromatic rings. The number of primary amides is 2. The first-order valence-electron chi connectivity index (χ1n) is 26.4. The number of aromatic nitrogens is 4. The van der Waals surface area contributed by atoms with Gasteiger partial charge in [-0.3, -0.25) is 38.6 Å². The second kappa shape index (κ2) is 21.5. The number of phenols is 16. The first kappa shape index (κ1) is 68.8. The first-order chi connectivity index (χ1) is 45.0. The number of hydrogen-bond acceptors (Lipinski definition) is 40. The van der Waals surface area contributed by atoms with Crippen LogP contribution >= 0.6 is 0 Å². The summed E-state index contributed by atoms with van der Waals surface area (Å²) in [6, 6.07) is 0. The van der Waals surface area contributed by atoms with Crippen LogP contribution in [0.4, 0.5) is 22.7 Å². The number of amides is 6. The zero-order valence-electron chi connectivity index (χ0n) is 48.1. The second-order valence-electron chi connectivity index (χ2n) is 21.6. The van der Waals surface area contributed by atoms with Gasteiger partial charge in [-0.2, -0.15) is 10.2 Å². The van der Waals surface area contributed by atoms with Crippen molar-refractivity contribution in [3.8, 4) is 115 Å². The Labute approximate surface area is 534 Å². The lowest BCUT2D eigenvalue weighted by atomic mass is 9.85. The summed E-state index contributed by atoms with van der Waals surface area (Å²) in [7, 11) is 0.875. The minimum Gasteiger partial charge on any atom is -0.503 e. The van der Waals surface area contributed by atoms with Crippen LogP contribution in [0.1, 0.15) is 59.5 Å². The molecule has 0 bridgehead atoms. The van der Waals surface area contributed by atoms with Crippen LogP contribution in [0, 0.1) is 0 Å². The highest BCUT2D eigenvalue weighted by Crippen LogP contribution is 2.63. The number of piperidine rings is 2. The van der Waals surface area contributed by atoms with Gasteiger partial charge in [0.15, 0.2) is 98.5 Å². The van der Waals surface area contributed by atoms with Crippen molar-refractivity contribution in [2.24, 2.45) is 11.5 Å². The molecule has 0 saturated carbocycles. The smallest absolute Gasteiger partial charge is 0.316 e. The molecule has 6 heterocycles. The van der Waals surface area contributed by atoms with E-state index in [0.29, 0.717) is 0 Å². The summed E-state index contributed by atoms with van der Waals surface area (Å²) in [5.41, 5.74) is -3.58. The topological polar surface area (TPSA) is 817 Å². The highest BCUT2D eigenvalue weighted by Gasteiger charge is 2.81. The number of phenolic OH excluding ortho intramolecular Hbond substituents is 16. The van der Waals surface area contributed by atoms with Crippen molar-refractivity contribution in [2.45, 2.75) is 60.0 Å². The van der Waals surface area contributed by atoms with Crippen molar-refractivity contribution in [3.05, 3.63) is 33.9 Å². The van der Waals surface area contributed by atoms with Gasteiger partial charge in [0, 0.05) is 24.2 Å². The van der Waals surface area contributed by atoms with Crippen LogP contribution in [0.3, 0.4) is 0 Å². The number of aliphatic hydroxyl groups is 13. The third-order valence-corrected chi connectivity index (χ3v) is 16.1. The number of carbonyl (C=O) groups excluding carboxylic acids is 6. The number of nitrogens with zero attached hydrogens (tertiary/aromatic N) is 8. The third kappa shape index (κ3) is 8.62. The predicted molar refractivity (Wildman–Crippen MR) is 295 cm³/mol. The Bertz CT molecular complexity index is 4470. The number of ether oxygens (including phenoxy) is 3. The molecule has 48 nitrogen and oxygen atoms in total. The molecular formula is C50H48N10O38. The number of methoxy groups -OCH3 is 1. The summed E-state index contributed by atoms with van der Waals surface area (Å²) < 4.78 is 14.8. The van der Waals surface area contributed by atoms with Gasteiger partial charge in [-0.05, 0) is 12.8 Å². The van der Waals surface area contributed by atoms with Gasteiger partial charge >= 0.3 is 29.2 Å². The van der Waals surface area contributed by atoms with Crippen molar-refractivity contribution < 1.29 is 191 Å². The Morgan fingerprint density at radius 2 is 0.786 bits per heavy atom. The monoisotopic (exact) mass is 1400 g/mol. The van der Waals surface area contributed by atoms with Gasteiger partial charge in [0.05, 0.1) is 13.5 Å². The lowest BCUT2D eigenvalue weighted by Crippen LogP contribution is -2.88. The van der Waals surface area contributed by atoms with Crippen LogP contribution in [0.25, 0.3) is 11.4 Å². The largest absolute Gasteiger partial charge is 0.503 e. The molecule has 1 unspecified atom stereocenters. The van der Waals surface area contributed by atoms with Gasteiger partial charge < -0.3 is 174 Å². The molecule has 0 aliphatic carbocycles. The number of carbonyl (C=O) groups is 6. The molecule has 2 saturated heterocycles. The van der Waals surface area contributed by atoms with E-state index in [1.165, 1.54) is 0 Å². The molecule has 4 aliphatic heterocycles. The molecule has 2 aromatic heterocycles. The van der Waals surface area contributed by atoms with Crippen LogP contribution in [-0.4, -0.2) is 271 Å². The molecule has 2 fully saturated rings. The Morgan fingerprint density at radius 3 is 1.14 bits per heavy atom. The van der Waals surface area contributed by atoms with Crippen molar-refractivity contribution in [2.75, 3.05) is 46.6 Å². The summed E-state index contributed by atoms with van der Waals surface area (Å²) in [6.07, 6.45) is -3.51. The Hall–Kier alpha value is -12.0. The molecule has 1 atom stereocenters. The van der Waals surface area contributed by atoms with Crippen LogP contribution in [0.2, 0.25) is 0 Å². The predicted octanol–water partition coefficient (Wildman–Crippen LogP) is -10.2. The fourth-order valence-corrected chi connectivity index (χ4v) is 11.2. The van der Waals surface area contributed by atoms with Crippen LogP contribution in [0.15, 0.2) is 0 Å². The molecule has 48 heteroatoms. The number of nitrogens with two attached hydrogens (primary N) is 2. The SMILES string of the molecule is COc1c(O)c(O)c(-n2nc(C(N)=O)c3c2C(=O)N(c2c(O)c(O)c(N4C(=O)CC(O)(O)C(O)(OCOc5c(O)c(O)c(-n6nc(C(N)=O)c7c6C(=O)N(c6c(O)c(O)c(N8C(=O)C(O)(O)C(O)(O)C(O)(O)C8(O)O)c(O)c6O)CC7)c(O)c5O)C4(O)O)c(O)c2O)CC3)c(O)c1O. The normalized spacial score (nSPS) is 19.7. The van der Waals surface area contributed by atoms with E-state index in [9.17, 15) is 177 Å². The second-order valence-corrected chi connectivity index (χ2v) is 21.6. The van der Waals surface area contributed by atoms with E-state index >= 15 is 0 Å². The maximum atomic E-state index is 14.5. The summed E-state index contributed by atoms with van der Waals surface area (Å²) in [6.45, 7) is -3.91. The molecular weight excluding hydrogens is 1350 g/mol. The van der Waals surface area contributed by atoms with Gasteiger partial charge in [0.25, 0.3) is 35.3 Å². The highest BCUT2D eigenvalue weighted by atomic mass is 16.8. The van der Waals surface area contributed by atoms with E-state index in [-0.39, 0.29) is 19.2 Å². The summed E-state index contributed by atoms with van der Waals surface area (Å²) >= 11 is 0. The van der Waals surface area contributed by atoms with Crippen LogP contribution in [-0.2, 0) is 27.2 Å². The zero-order chi connectivity index (χ0) is 73.5. The average Bonchev–Trinajstić information content (AvgIpc) is 0.892. The van der Waals surface area contributed by atoms with Crippen molar-refractivity contribution in [1.29, 1.82) is 0 Å². The molecule has 6 amide bonds. The van der Waals surface area contributed by atoms with E-state index in [0.717, 1.165) is 7.11 Å². The number of rotatable bonds is 13. The van der Waals surface area contributed by atoms with E-state index < -0.39 is 297 Å². The van der Waals surface area contributed by atoms with Gasteiger partial charge in [-0.25, -0.2) is 19.2 Å². The molecule has 0 radical (unpaired) electrons. The number of benzene rings is 4. The quantitative estimate of drug-likeness (QED) is 0.0290. The minimum absolute atomic E-state index is 0.00418. The fourth-order valence-electron chi connectivity index (χ4n) is 11.2. The third-order valence-electron chi connectivity index (χ3n) is 16.1. The number of anilines is 4. The molecule has 10 rings (SSSR count). The van der Waals surface area contributed by atoms with Crippen molar-refractivity contribution >= 4 is 58.2 Å². The molecule has 526 valence electrons. The molecule has 0 spiro atoms. The van der Waals surface area contributed by atoms with Gasteiger partial charge in [-0.15, -0.1) is 0 Å². The number of aromatic hydroxyl groups is 16. The van der Waals surface area contributed by atoms with Crippen LogP contribution < -0.4 is 40.5 Å².